The molecule has 1 heterocycles. The zero-order chi connectivity index (χ0) is 38.6. The van der Waals surface area contributed by atoms with E-state index in [1.165, 1.54) is 120 Å². The molecule has 0 bridgehead atoms. The Morgan fingerprint density at radius 3 is 1.64 bits per heavy atom. The van der Waals surface area contributed by atoms with E-state index in [9.17, 15) is 0 Å². The molecule has 3 aliphatic rings. The highest BCUT2D eigenvalue weighted by molar-refractivity contribution is 6.61. The van der Waals surface area contributed by atoms with Crippen molar-refractivity contribution in [2.75, 3.05) is 26.4 Å². The van der Waals surface area contributed by atoms with Gasteiger partial charge in [0.1, 0.15) is 0 Å². The lowest BCUT2D eigenvalue weighted by Crippen LogP contribution is -2.34. The summed E-state index contributed by atoms with van der Waals surface area (Å²) < 4.78 is 18.2. The molecule has 55 heavy (non-hydrogen) atoms. The largest absolute Gasteiger partial charge is 0.494 e. The van der Waals surface area contributed by atoms with E-state index in [0.717, 1.165) is 23.8 Å². The van der Waals surface area contributed by atoms with Crippen LogP contribution in [0.5, 0.6) is 0 Å². The molecule has 2 atom stereocenters. The van der Waals surface area contributed by atoms with Crippen molar-refractivity contribution in [2.24, 2.45) is 0 Å². The number of hydrogen-bond donors (Lipinski definition) is 0. The Kier molecular flexibility index (Phi) is 12.5. The van der Waals surface area contributed by atoms with Crippen LogP contribution in [-0.2, 0) is 30.2 Å². The summed E-state index contributed by atoms with van der Waals surface area (Å²) in [7, 11) is 1.50. The number of benzene rings is 4. The van der Waals surface area contributed by atoms with Crippen molar-refractivity contribution < 1.29 is 19.1 Å². The van der Waals surface area contributed by atoms with Gasteiger partial charge >= 0.3 is 14.6 Å². The van der Waals surface area contributed by atoms with Crippen LogP contribution < -0.4 is 10.9 Å². The third kappa shape index (κ3) is 7.31. The highest BCUT2D eigenvalue weighted by atomic mass is 16.6. The zero-order valence-corrected chi connectivity index (χ0v) is 34.6. The fourth-order valence-electron chi connectivity index (χ4n) is 9.93. The van der Waals surface area contributed by atoms with Crippen molar-refractivity contribution in [3.8, 4) is 22.3 Å². The van der Waals surface area contributed by atoms with E-state index in [1.807, 2.05) is 7.48 Å². The van der Waals surface area contributed by atoms with Gasteiger partial charge in [0.05, 0.1) is 25.2 Å². The number of unbranched alkanes of at least 4 members (excludes halogenated alkanes) is 6. The molecule has 2 unspecified atom stereocenters. The predicted molar refractivity (Wildman–Crippen MR) is 233 cm³/mol. The van der Waals surface area contributed by atoms with Gasteiger partial charge in [-0.2, -0.15) is 0 Å². The average Bonchev–Trinajstić information content (AvgIpc) is 3.93. The van der Waals surface area contributed by atoms with E-state index in [2.05, 4.69) is 114 Å². The molecule has 2 aliphatic carbocycles. The maximum absolute atomic E-state index is 7.70. The molecule has 4 aromatic carbocycles. The van der Waals surface area contributed by atoms with Crippen LogP contribution in [0.2, 0.25) is 0 Å². The first-order valence-electron chi connectivity index (χ1n) is 21.7. The molecule has 1 aliphatic heterocycles. The van der Waals surface area contributed by atoms with Crippen molar-refractivity contribution in [3.63, 3.8) is 0 Å². The maximum atomic E-state index is 7.70. The maximum Gasteiger partial charge on any atom is 0.494 e. The molecule has 0 amide bonds. The van der Waals surface area contributed by atoms with Crippen molar-refractivity contribution in [2.45, 2.75) is 135 Å². The predicted octanol–water partition coefficient (Wildman–Crippen LogP) is 10.0. The lowest BCUT2D eigenvalue weighted by molar-refractivity contribution is 0.209. The summed E-state index contributed by atoms with van der Waals surface area (Å²) in [5.41, 5.74) is 15.3. The van der Waals surface area contributed by atoms with Crippen molar-refractivity contribution in [3.05, 3.63) is 106 Å². The molecule has 0 saturated carbocycles. The first-order chi connectivity index (χ1) is 26.8. The van der Waals surface area contributed by atoms with E-state index in [1.54, 1.807) is 0 Å². The van der Waals surface area contributed by atoms with Gasteiger partial charge in [0.2, 0.25) is 0 Å². The van der Waals surface area contributed by atoms with Crippen LogP contribution in [-0.4, -0.2) is 46.1 Å². The number of hydrogen-bond acceptors (Lipinski definition) is 3. The van der Waals surface area contributed by atoms with Crippen LogP contribution in [0.15, 0.2) is 72.8 Å². The minimum absolute atomic E-state index is 0.0839. The van der Waals surface area contributed by atoms with Crippen molar-refractivity contribution in [1.82, 2.24) is 0 Å². The second kappa shape index (κ2) is 17.1. The lowest BCUT2D eigenvalue weighted by atomic mass is 9.65. The second-order valence-electron chi connectivity index (χ2n) is 17.1. The second-order valence-corrected chi connectivity index (χ2v) is 17.1. The summed E-state index contributed by atoms with van der Waals surface area (Å²) in [5.74, 6) is 0. The molecule has 289 valence electrons. The normalized spacial score (nSPS) is 18.9. The van der Waals surface area contributed by atoms with Gasteiger partial charge in [0.25, 0.3) is 0 Å². The first kappa shape index (κ1) is 40.1. The Labute approximate surface area is 333 Å². The summed E-state index contributed by atoms with van der Waals surface area (Å²) >= 11 is 0. The van der Waals surface area contributed by atoms with Gasteiger partial charge < -0.3 is 19.1 Å². The third-order valence-corrected chi connectivity index (χ3v) is 13.8. The van der Waals surface area contributed by atoms with Crippen LogP contribution in [0.3, 0.4) is 0 Å². The van der Waals surface area contributed by atoms with E-state index in [4.69, 9.17) is 19.1 Å². The van der Waals surface area contributed by atoms with E-state index >= 15 is 0 Å². The zero-order valence-electron chi connectivity index (χ0n) is 34.6. The fourth-order valence-corrected chi connectivity index (χ4v) is 9.93. The van der Waals surface area contributed by atoms with Crippen LogP contribution in [0.25, 0.3) is 22.3 Å². The summed E-state index contributed by atoms with van der Waals surface area (Å²) in [5, 5.41) is 7.70. The highest BCUT2D eigenvalue weighted by Gasteiger charge is 2.53. The Hall–Kier alpha value is -3.15. The van der Waals surface area contributed by atoms with E-state index < -0.39 is 5.41 Å². The summed E-state index contributed by atoms with van der Waals surface area (Å²) in [6.45, 7) is 16.2. The van der Waals surface area contributed by atoms with Gasteiger partial charge in [-0.15, -0.1) is 0 Å². The molecule has 1 radical (unpaired) electrons. The topological polar surface area (TPSA) is 50.6 Å². The quantitative estimate of drug-likeness (QED) is 0.0473. The Bertz CT molecular complexity index is 1870. The molecule has 4 nitrogen and oxygen atoms in total. The van der Waals surface area contributed by atoms with Crippen LogP contribution in [0.4, 0.5) is 0 Å². The van der Waals surface area contributed by atoms with Gasteiger partial charge in [-0.05, 0) is 97.6 Å². The highest BCUT2D eigenvalue weighted by Crippen LogP contribution is 2.63. The number of rotatable bonds is 19. The summed E-state index contributed by atoms with van der Waals surface area (Å²) in [4.78, 5) is 0. The van der Waals surface area contributed by atoms with E-state index in [-0.39, 0.29) is 24.6 Å². The minimum atomic E-state index is -0.525. The average molecular weight is 739 g/mol. The van der Waals surface area contributed by atoms with Gasteiger partial charge in [-0.25, -0.2) is 0 Å². The Morgan fingerprint density at radius 2 is 1.13 bits per heavy atom. The third-order valence-electron chi connectivity index (χ3n) is 13.8. The first-order valence-corrected chi connectivity index (χ1v) is 21.7. The summed E-state index contributed by atoms with van der Waals surface area (Å²) in [6, 6.07) is 28.9. The number of fused-ring (bicyclic) bond motifs is 10. The fraction of sp³-hybridized carbons (Fsp3) is 0.510. The molecule has 7 rings (SSSR count). The Morgan fingerprint density at radius 1 is 0.636 bits per heavy atom. The molecule has 1 fully saturated rings. The van der Waals surface area contributed by atoms with Crippen LogP contribution in [0.1, 0.15) is 152 Å². The molecular formula is C49H64B2O4+. The summed E-state index contributed by atoms with van der Waals surface area (Å²) in [6.07, 6.45) is 14.8. The minimum Gasteiger partial charge on any atom is -0.444 e. The monoisotopic (exact) mass is 738 g/mol. The van der Waals surface area contributed by atoms with E-state index in [0.29, 0.717) is 19.8 Å². The standard InChI is InChI=1S/C49H63B2O4/c1-7-11-13-15-25-47(5,9-3)35-17-21-39-40-22-18-36(48(6,10-4)26-16-14-12-8-2)32-44(40)49(43(39)31-35)45-33-37(50-53-28-27-52)19-23-41(45)42-24-20-38(34-46(42)49)51-54-29-30-55-51/h17-24,31-34,52H,7-16,25-30H2,1-6H3/p+1. The smallest absolute Gasteiger partial charge is 0.444 e. The van der Waals surface area contributed by atoms with Crippen molar-refractivity contribution in [1.29, 1.82) is 0 Å². The van der Waals surface area contributed by atoms with Gasteiger partial charge in [-0.3, -0.25) is 0 Å². The molecule has 4 aromatic rings. The molecular weight excluding hydrogens is 674 g/mol. The molecule has 6 heteroatoms. The SMILES string of the molecule is CCCCCCC(C)(CC)c1ccc2c(c1)C1(c3cc([B]OCC[OH2+])ccc3-c3ccc(B4OCCO4)cc31)c1cc(C(C)(CC)CCCCCC)ccc1-2. The van der Waals surface area contributed by atoms with Crippen LogP contribution in [0, 0.1) is 0 Å². The van der Waals surface area contributed by atoms with Gasteiger partial charge in [0.15, 0.2) is 6.61 Å². The molecule has 0 aromatic heterocycles. The van der Waals surface area contributed by atoms with Crippen molar-refractivity contribution >= 4 is 25.5 Å². The molecule has 1 saturated heterocycles. The van der Waals surface area contributed by atoms with Gasteiger partial charge in [-0.1, -0.05) is 171 Å². The molecule has 2 N–H and O–H groups in total. The van der Waals surface area contributed by atoms with Gasteiger partial charge in [0, 0.05) is 0 Å². The van der Waals surface area contributed by atoms with Crippen LogP contribution >= 0.6 is 0 Å². The molecule has 1 spiro atoms. The lowest BCUT2D eigenvalue weighted by Gasteiger charge is -2.35. The Balaban J connectivity index is 1.49.